The summed E-state index contributed by atoms with van der Waals surface area (Å²) in [5.74, 6) is 0.344. The third-order valence-electron chi connectivity index (χ3n) is 3.01. The van der Waals surface area contributed by atoms with Crippen LogP contribution in [0.25, 0.3) is 0 Å². The Labute approximate surface area is 97.9 Å². The second-order valence-corrected chi connectivity index (χ2v) is 5.05. The van der Waals surface area contributed by atoms with Crippen molar-refractivity contribution in [1.82, 2.24) is 0 Å². The van der Waals surface area contributed by atoms with E-state index >= 15 is 0 Å². The van der Waals surface area contributed by atoms with Gasteiger partial charge in [0.05, 0.1) is 0 Å². The fourth-order valence-corrected chi connectivity index (χ4v) is 2.09. The smallest absolute Gasteiger partial charge is 0.126 e. The van der Waals surface area contributed by atoms with E-state index in [1.54, 1.807) is 6.07 Å². The van der Waals surface area contributed by atoms with Gasteiger partial charge in [-0.3, -0.25) is 0 Å². The average molecular weight is 223 g/mol. The van der Waals surface area contributed by atoms with E-state index in [1.807, 2.05) is 26.8 Å². The molecule has 2 atom stereocenters. The normalized spacial score (nSPS) is 14.9. The van der Waals surface area contributed by atoms with Crippen LogP contribution in [0.3, 0.4) is 0 Å². The first kappa shape index (κ1) is 13.2. The third-order valence-corrected chi connectivity index (χ3v) is 3.01. The van der Waals surface area contributed by atoms with Crippen LogP contribution in [0.1, 0.15) is 37.0 Å². The average Bonchev–Trinajstić information content (AvgIpc) is 2.12. The molecule has 2 unspecified atom stereocenters. The molecule has 90 valence electrons. The van der Waals surface area contributed by atoms with Crippen LogP contribution in [0.5, 0.6) is 0 Å². The van der Waals surface area contributed by atoms with Crippen molar-refractivity contribution in [3.8, 4) is 0 Å². The number of aryl methyl sites for hydroxylation is 2. The summed E-state index contributed by atoms with van der Waals surface area (Å²) in [7, 11) is 0. The molecule has 0 fully saturated rings. The number of hydrogen-bond donors (Lipinski definition) is 1. The number of halogens is 1. The van der Waals surface area contributed by atoms with Gasteiger partial charge in [0, 0.05) is 6.04 Å². The molecule has 16 heavy (non-hydrogen) atoms. The first-order chi connectivity index (χ1) is 7.40. The first-order valence-electron chi connectivity index (χ1n) is 5.91. The minimum Gasteiger partial charge on any atom is -0.328 e. The van der Waals surface area contributed by atoms with Gasteiger partial charge in [0.25, 0.3) is 0 Å². The lowest BCUT2D eigenvalue weighted by atomic mass is 9.93. The summed E-state index contributed by atoms with van der Waals surface area (Å²) in [5.41, 5.74) is 8.73. The van der Waals surface area contributed by atoms with Gasteiger partial charge in [-0.2, -0.15) is 0 Å². The summed E-state index contributed by atoms with van der Waals surface area (Å²) >= 11 is 0. The maximum Gasteiger partial charge on any atom is 0.126 e. The molecule has 0 heterocycles. The van der Waals surface area contributed by atoms with E-state index in [0.717, 1.165) is 29.5 Å². The zero-order valence-electron chi connectivity index (χ0n) is 10.7. The van der Waals surface area contributed by atoms with Gasteiger partial charge in [-0.25, -0.2) is 4.39 Å². The second-order valence-electron chi connectivity index (χ2n) is 5.05. The summed E-state index contributed by atoms with van der Waals surface area (Å²) in [6, 6.07) is 3.77. The highest BCUT2D eigenvalue weighted by atomic mass is 19.1. The Bertz CT molecular complexity index is 358. The Morgan fingerprint density at radius 3 is 2.31 bits per heavy atom. The molecular weight excluding hydrogens is 201 g/mol. The highest BCUT2D eigenvalue weighted by molar-refractivity contribution is 5.31. The van der Waals surface area contributed by atoms with Gasteiger partial charge in [0.1, 0.15) is 5.82 Å². The largest absolute Gasteiger partial charge is 0.328 e. The van der Waals surface area contributed by atoms with Crippen molar-refractivity contribution in [1.29, 1.82) is 0 Å². The third kappa shape index (κ3) is 3.60. The minimum absolute atomic E-state index is 0.0837. The van der Waals surface area contributed by atoms with Crippen molar-refractivity contribution in [2.45, 2.75) is 46.6 Å². The maximum atomic E-state index is 13.7. The molecule has 2 heteroatoms. The van der Waals surface area contributed by atoms with Crippen LogP contribution < -0.4 is 5.73 Å². The molecule has 0 saturated carbocycles. The summed E-state index contributed by atoms with van der Waals surface area (Å²) in [6.07, 6.45) is 1.71. The summed E-state index contributed by atoms with van der Waals surface area (Å²) < 4.78 is 13.7. The lowest BCUT2D eigenvalue weighted by molar-refractivity contribution is 0.469. The van der Waals surface area contributed by atoms with Crippen LogP contribution in [0.4, 0.5) is 4.39 Å². The van der Waals surface area contributed by atoms with E-state index in [0.29, 0.717) is 5.92 Å². The van der Waals surface area contributed by atoms with Gasteiger partial charge in [-0.15, -0.1) is 0 Å². The van der Waals surface area contributed by atoms with E-state index in [1.165, 1.54) is 0 Å². The molecule has 0 aliphatic rings. The van der Waals surface area contributed by atoms with E-state index in [9.17, 15) is 4.39 Å². The van der Waals surface area contributed by atoms with Crippen LogP contribution in [0.15, 0.2) is 12.1 Å². The minimum atomic E-state index is -0.0837. The Balaban J connectivity index is 2.77. The summed E-state index contributed by atoms with van der Waals surface area (Å²) in [5, 5.41) is 0. The lowest BCUT2D eigenvalue weighted by Gasteiger charge is -2.15. The van der Waals surface area contributed by atoms with Crippen molar-refractivity contribution in [3.05, 3.63) is 34.6 Å². The van der Waals surface area contributed by atoms with Gasteiger partial charge < -0.3 is 5.73 Å². The molecule has 0 bridgehead atoms. The predicted molar refractivity (Wildman–Crippen MR) is 67.0 cm³/mol. The van der Waals surface area contributed by atoms with Crippen LogP contribution in [-0.2, 0) is 6.42 Å². The fourth-order valence-electron chi connectivity index (χ4n) is 2.09. The van der Waals surface area contributed by atoms with E-state index in [-0.39, 0.29) is 11.9 Å². The number of rotatable bonds is 4. The predicted octanol–water partition coefficient (Wildman–Crippen LogP) is 3.36. The molecule has 0 aliphatic carbocycles. The first-order valence-corrected chi connectivity index (χ1v) is 5.91. The Morgan fingerprint density at radius 2 is 1.75 bits per heavy atom. The van der Waals surface area contributed by atoms with Crippen molar-refractivity contribution in [3.63, 3.8) is 0 Å². The molecule has 2 N–H and O–H groups in total. The topological polar surface area (TPSA) is 26.0 Å². The molecule has 0 aromatic heterocycles. The van der Waals surface area contributed by atoms with Crippen molar-refractivity contribution >= 4 is 0 Å². The van der Waals surface area contributed by atoms with Crippen molar-refractivity contribution in [2.75, 3.05) is 0 Å². The number of nitrogens with two attached hydrogens (primary N) is 1. The maximum absolute atomic E-state index is 13.7. The molecule has 1 nitrogen and oxygen atoms in total. The van der Waals surface area contributed by atoms with Crippen LogP contribution in [0, 0.1) is 25.6 Å². The zero-order chi connectivity index (χ0) is 12.3. The highest BCUT2D eigenvalue weighted by Gasteiger charge is 2.11. The number of hydrogen-bond acceptors (Lipinski definition) is 1. The SMILES string of the molecule is Cc1cc(F)c(CC(C)CC(C)N)cc1C. The quantitative estimate of drug-likeness (QED) is 0.832. The van der Waals surface area contributed by atoms with Crippen molar-refractivity contribution < 1.29 is 4.39 Å². The van der Waals surface area contributed by atoms with Gasteiger partial charge in [-0.05, 0) is 62.3 Å². The molecule has 1 aromatic rings. The van der Waals surface area contributed by atoms with Crippen molar-refractivity contribution in [2.24, 2.45) is 11.7 Å². The molecular formula is C14H22FN. The summed E-state index contributed by atoms with van der Waals surface area (Å²) in [6.45, 7) is 8.08. The second kappa shape index (κ2) is 5.44. The standard InChI is InChI=1S/C14H22FN/c1-9(5-12(4)16)6-13-7-10(2)11(3)8-14(13)15/h7-9,12H,5-6,16H2,1-4H3. The molecule has 0 aliphatic heterocycles. The molecule has 0 saturated heterocycles. The van der Waals surface area contributed by atoms with Gasteiger partial charge in [-0.1, -0.05) is 13.0 Å². The highest BCUT2D eigenvalue weighted by Crippen LogP contribution is 2.19. The molecule has 0 amide bonds. The van der Waals surface area contributed by atoms with E-state index in [4.69, 9.17) is 5.73 Å². The Kier molecular flexibility index (Phi) is 4.48. The zero-order valence-corrected chi connectivity index (χ0v) is 10.7. The van der Waals surface area contributed by atoms with Gasteiger partial charge in [0.2, 0.25) is 0 Å². The number of benzene rings is 1. The van der Waals surface area contributed by atoms with Crippen LogP contribution in [0.2, 0.25) is 0 Å². The van der Waals surface area contributed by atoms with Gasteiger partial charge >= 0.3 is 0 Å². The Morgan fingerprint density at radius 1 is 1.19 bits per heavy atom. The van der Waals surface area contributed by atoms with Gasteiger partial charge in [0.15, 0.2) is 0 Å². The van der Waals surface area contributed by atoms with Crippen LogP contribution in [-0.4, -0.2) is 6.04 Å². The molecule has 0 spiro atoms. The van der Waals surface area contributed by atoms with E-state index < -0.39 is 0 Å². The van der Waals surface area contributed by atoms with E-state index in [2.05, 4.69) is 6.92 Å². The fraction of sp³-hybridized carbons (Fsp3) is 0.571. The molecule has 1 rings (SSSR count). The molecule has 1 aromatic carbocycles. The summed E-state index contributed by atoms with van der Waals surface area (Å²) in [4.78, 5) is 0. The van der Waals surface area contributed by atoms with Crippen LogP contribution >= 0.6 is 0 Å². The monoisotopic (exact) mass is 223 g/mol. The molecule has 0 radical (unpaired) electrons. The lowest BCUT2D eigenvalue weighted by Crippen LogP contribution is -2.19. The Hall–Kier alpha value is -0.890.